The molecule has 2 unspecified atom stereocenters. The Morgan fingerprint density at radius 2 is 2.08 bits per heavy atom. The molecule has 1 saturated heterocycles. The normalized spacial score (nSPS) is 29.8. The van der Waals surface area contributed by atoms with Crippen LogP contribution in [0.3, 0.4) is 0 Å². The highest BCUT2D eigenvalue weighted by atomic mass is 32.2. The maximum absolute atomic E-state index is 11.7. The zero-order valence-corrected chi connectivity index (χ0v) is 9.10. The van der Waals surface area contributed by atoms with Gasteiger partial charge in [0, 0.05) is 12.6 Å². The fourth-order valence-corrected chi connectivity index (χ4v) is 3.36. The van der Waals surface area contributed by atoms with Crippen molar-refractivity contribution in [3.05, 3.63) is 0 Å². The molecule has 0 amide bonds. The molecule has 0 aliphatic carbocycles. The number of hydrogen-bond acceptors (Lipinski definition) is 3. The maximum Gasteiger partial charge on any atom is 0.217 e. The quantitative estimate of drug-likeness (QED) is 0.733. The lowest BCUT2D eigenvalue weighted by Crippen LogP contribution is -2.41. The van der Waals surface area contributed by atoms with Crippen molar-refractivity contribution in [2.24, 2.45) is 0 Å². The second-order valence-corrected chi connectivity index (χ2v) is 5.65. The summed E-state index contributed by atoms with van der Waals surface area (Å²) in [4.78, 5) is 0. The summed E-state index contributed by atoms with van der Waals surface area (Å²) in [6.07, 6.45) is 0.416. The molecule has 4 nitrogen and oxygen atoms in total. The van der Waals surface area contributed by atoms with Crippen LogP contribution in [0.25, 0.3) is 0 Å². The highest BCUT2D eigenvalue weighted by Gasteiger charge is 2.35. The Hall–Kier alpha value is -0.130. The van der Waals surface area contributed by atoms with Crippen molar-refractivity contribution in [1.29, 1.82) is 0 Å². The van der Waals surface area contributed by atoms with Crippen LogP contribution < -0.4 is 4.72 Å². The summed E-state index contributed by atoms with van der Waals surface area (Å²) in [5.74, 6) is 0. The van der Waals surface area contributed by atoms with Gasteiger partial charge in [0.1, 0.15) is 5.25 Å². The lowest BCUT2D eigenvalue weighted by atomic mass is 10.3. The fraction of sp³-hybridized carbons (Fsp3) is 1.00. The first-order valence-electron chi connectivity index (χ1n) is 4.56. The third-order valence-corrected chi connectivity index (χ3v) is 4.32. The zero-order chi connectivity index (χ0) is 10.1. The first-order chi connectivity index (χ1) is 5.93. The van der Waals surface area contributed by atoms with E-state index in [4.69, 9.17) is 4.74 Å². The summed E-state index contributed by atoms with van der Waals surface area (Å²) in [7, 11) is -3.18. The van der Waals surface area contributed by atoms with Crippen molar-refractivity contribution < 1.29 is 13.2 Å². The molecule has 1 aliphatic rings. The molecule has 78 valence electrons. The molecule has 0 radical (unpaired) electrons. The van der Waals surface area contributed by atoms with Gasteiger partial charge in [-0.25, -0.2) is 13.1 Å². The largest absolute Gasteiger partial charge is 0.377 e. The van der Waals surface area contributed by atoms with E-state index in [9.17, 15) is 8.42 Å². The predicted octanol–water partition coefficient (Wildman–Crippen LogP) is 0.492. The van der Waals surface area contributed by atoms with E-state index in [-0.39, 0.29) is 17.4 Å². The predicted molar refractivity (Wildman–Crippen MR) is 51.0 cm³/mol. The lowest BCUT2D eigenvalue weighted by molar-refractivity contribution is 0.126. The van der Waals surface area contributed by atoms with E-state index in [1.54, 1.807) is 6.92 Å². The summed E-state index contributed by atoms with van der Waals surface area (Å²) in [5.41, 5.74) is 0. The molecule has 1 N–H and O–H groups in total. The van der Waals surface area contributed by atoms with E-state index >= 15 is 0 Å². The SMILES string of the molecule is CC(C)NS(=O)(=O)C1CCOC1C. The van der Waals surface area contributed by atoms with E-state index in [1.807, 2.05) is 13.8 Å². The standard InChI is InChI=1S/C8H17NO3S/c1-6(2)9-13(10,11)8-4-5-12-7(8)3/h6-9H,4-5H2,1-3H3. The van der Waals surface area contributed by atoms with Crippen LogP contribution in [-0.4, -0.2) is 32.4 Å². The minimum atomic E-state index is -3.18. The monoisotopic (exact) mass is 207 g/mol. The van der Waals surface area contributed by atoms with Gasteiger partial charge < -0.3 is 4.74 Å². The highest BCUT2D eigenvalue weighted by Crippen LogP contribution is 2.19. The van der Waals surface area contributed by atoms with Crippen LogP contribution in [0, 0.1) is 0 Å². The second kappa shape index (κ2) is 3.94. The van der Waals surface area contributed by atoms with E-state index in [0.29, 0.717) is 13.0 Å². The molecule has 1 heterocycles. The number of hydrogen-bond donors (Lipinski definition) is 1. The molecule has 1 aliphatic heterocycles. The average molecular weight is 207 g/mol. The van der Waals surface area contributed by atoms with Crippen molar-refractivity contribution in [3.63, 3.8) is 0 Å². The molecule has 0 spiro atoms. The van der Waals surface area contributed by atoms with Gasteiger partial charge in [0.15, 0.2) is 0 Å². The molecule has 0 bridgehead atoms. The van der Waals surface area contributed by atoms with Crippen molar-refractivity contribution in [2.45, 2.75) is 44.6 Å². The van der Waals surface area contributed by atoms with Crippen molar-refractivity contribution in [1.82, 2.24) is 4.72 Å². The van der Waals surface area contributed by atoms with Crippen LogP contribution in [0.4, 0.5) is 0 Å². The maximum atomic E-state index is 11.7. The summed E-state index contributed by atoms with van der Waals surface area (Å²) < 4.78 is 31.1. The molecule has 1 rings (SSSR count). The molecular weight excluding hydrogens is 190 g/mol. The van der Waals surface area contributed by atoms with Crippen molar-refractivity contribution in [3.8, 4) is 0 Å². The Morgan fingerprint density at radius 3 is 2.46 bits per heavy atom. The van der Waals surface area contributed by atoms with Gasteiger partial charge in [-0.1, -0.05) is 0 Å². The van der Waals surface area contributed by atoms with Gasteiger partial charge in [0.05, 0.1) is 6.10 Å². The van der Waals surface area contributed by atoms with Gasteiger partial charge in [-0.2, -0.15) is 0 Å². The van der Waals surface area contributed by atoms with Crippen LogP contribution in [0.5, 0.6) is 0 Å². The van der Waals surface area contributed by atoms with E-state index in [1.165, 1.54) is 0 Å². The lowest BCUT2D eigenvalue weighted by Gasteiger charge is -2.17. The zero-order valence-electron chi connectivity index (χ0n) is 8.28. The van der Waals surface area contributed by atoms with Crippen molar-refractivity contribution in [2.75, 3.05) is 6.61 Å². The Labute approximate surface area is 79.7 Å². The molecule has 13 heavy (non-hydrogen) atoms. The van der Waals surface area contributed by atoms with Gasteiger partial charge in [-0.3, -0.25) is 0 Å². The van der Waals surface area contributed by atoms with Gasteiger partial charge in [0.25, 0.3) is 0 Å². The minimum Gasteiger partial charge on any atom is -0.377 e. The fourth-order valence-electron chi connectivity index (χ4n) is 1.54. The molecule has 0 aromatic carbocycles. The van der Waals surface area contributed by atoms with Crippen LogP contribution in [-0.2, 0) is 14.8 Å². The molecule has 2 atom stereocenters. The third-order valence-electron chi connectivity index (χ3n) is 2.11. The van der Waals surface area contributed by atoms with Crippen LogP contribution in [0.15, 0.2) is 0 Å². The number of rotatable bonds is 3. The Morgan fingerprint density at radius 1 is 1.46 bits per heavy atom. The number of nitrogens with one attached hydrogen (secondary N) is 1. The van der Waals surface area contributed by atoms with Crippen molar-refractivity contribution >= 4 is 10.0 Å². The topological polar surface area (TPSA) is 55.4 Å². The Balaban J connectivity index is 2.69. The summed E-state index contributed by atoms with van der Waals surface area (Å²) >= 11 is 0. The smallest absolute Gasteiger partial charge is 0.217 e. The van der Waals surface area contributed by atoms with Gasteiger partial charge in [0.2, 0.25) is 10.0 Å². The Kier molecular flexibility index (Phi) is 3.32. The number of sulfonamides is 1. The third kappa shape index (κ3) is 2.65. The summed E-state index contributed by atoms with van der Waals surface area (Å²) in [6, 6.07) is -0.0437. The van der Waals surface area contributed by atoms with E-state index < -0.39 is 10.0 Å². The molecule has 0 aromatic rings. The van der Waals surface area contributed by atoms with Gasteiger partial charge >= 0.3 is 0 Å². The minimum absolute atomic E-state index is 0.0437. The van der Waals surface area contributed by atoms with E-state index in [0.717, 1.165) is 0 Å². The summed E-state index contributed by atoms with van der Waals surface area (Å²) in [5, 5.41) is -0.380. The molecule has 5 heteroatoms. The van der Waals surface area contributed by atoms with Gasteiger partial charge in [-0.05, 0) is 27.2 Å². The highest BCUT2D eigenvalue weighted by molar-refractivity contribution is 7.90. The Bertz CT molecular complexity index is 261. The van der Waals surface area contributed by atoms with Crippen LogP contribution >= 0.6 is 0 Å². The molecular formula is C8H17NO3S. The second-order valence-electron chi connectivity index (χ2n) is 3.72. The summed E-state index contributed by atoms with van der Waals surface area (Å²) in [6.45, 7) is 5.98. The number of ether oxygens (including phenoxy) is 1. The van der Waals surface area contributed by atoms with Gasteiger partial charge in [-0.15, -0.1) is 0 Å². The molecule has 1 fully saturated rings. The first kappa shape index (κ1) is 10.9. The average Bonchev–Trinajstić information content (AvgIpc) is 2.32. The van der Waals surface area contributed by atoms with Crippen LogP contribution in [0.2, 0.25) is 0 Å². The van der Waals surface area contributed by atoms with Crippen LogP contribution in [0.1, 0.15) is 27.2 Å². The molecule has 0 saturated carbocycles. The van der Waals surface area contributed by atoms with E-state index in [2.05, 4.69) is 4.72 Å². The molecule has 0 aromatic heterocycles. The first-order valence-corrected chi connectivity index (χ1v) is 6.11.